The van der Waals surface area contributed by atoms with Crippen molar-refractivity contribution in [3.63, 3.8) is 0 Å². The van der Waals surface area contributed by atoms with E-state index >= 15 is 0 Å². The predicted octanol–water partition coefficient (Wildman–Crippen LogP) is 3.99. The Bertz CT molecular complexity index is 577. The number of unbranched alkanes of at least 4 members (excludes halogenated alkanes) is 13. The Balaban J connectivity index is 2.37. The van der Waals surface area contributed by atoms with Crippen molar-refractivity contribution in [1.29, 1.82) is 0 Å². The largest absolute Gasteiger partial charge is 0.499 e. The average Bonchev–Trinajstić information content (AvgIpc) is 3.03. The van der Waals surface area contributed by atoms with Crippen LogP contribution >= 0.6 is 0 Å². The van der Waals surface area contributed by atoms with Gasteiger partial charge in [0.05, 0.1) is 6.61 Å². The molecule has 1 aliphatic rings. The minimum absolute atomic E-state index is 0.115. The molecule has 0 bridgehead atoms. The van der Waals surface area contributed by atoms with Gasteiger partial charge in [0.15, 0.2) is 5.76 Å². The second-order valence-electron chi connectivity index (χ2n) is 9.25. The highest BCUT2D eigenvalue weighted by Crippen LogP contribution is 2.40. The van der Waals surface area contributed by atoms with E-state index in [0.29, 0.717) is 6.42 Å². The van der Waals surface area contributed by atoms with Gasteiger partial charge in [-0.2, -0.15) is 0 Å². The van der Waals surface area contributed by atoms with E-state index in [4.69, 9.17) is 9.47 Å². The second-order valence-corrected chi connectivity index (χ2v) is 9.25. The summed E-state index contributed by atoms with van der Waals surface area (Å²) in [6.45, 7) is 2.78. The van der Waals surface area contributed by atoms with Crippen LogP contribution in [0.4, 0.5) is 0 Å². The molecule has 194 valence electrons. The summed E-state index contributed by atoms with van der Waals surface area (Å²) in [7, 11) is 0. The van der Waals surface area contributed by atoms with Crippen LogP contribution in [0.2, 0.25) is 0 Å². The molecule has 0 aliphatic carbocycles. The van der Waals surface area contributed by atoms with Gasteiger partial charge in [0.25, 0.3) is 0 Å². The quantitative estimate of drug-likeness (QED) is 0.101. The molecule has 1 rings (SSSR count). The standard InChI is InChI=1S/C25H46O8/c1-3-4-5-6-7-8-9-10-11-12-13-14-15-16-17-25(20(28)18-26)22(21(29)24(31)33-25)32-23(30)19(2)27/h19-20,23,26-30H,3-18H2,1-2H3/t19?,20-,23?,25+/m0/s1. The van der Waals surface area contributed by atoms with Crippen molar-refractivity contribution in [3.05, 3.63) is 11.5 Å². The molecule has 2 unspecified atom stereocenters. The van der Waals surface area contributed by atoms with E-state index in [-0.39, 0.29) is 6.42 Å². The number of rotatable bonds is 20. The highest BCUT2D eigenvalue weighted by Gasteiger charge is 2.55. The second kappa shape index (κ2) is 16.3. The smallest absolute Gasteiger partial charge is 0.378 e. The molecular formula is C25H46O8. The topological polar surface area (TPSA) is 137 Å². The van der Waals surface area contributed by atoms with Crippen LogP contribution in [-0.4, -0.2) is 62.2 Å². The SMILES string of the molecule is CCCCCCCCCCCCCCCC[C@]1([C@@H](O)CO)OC(=O)C(O)=C1OC(O)C(C)O. The van der Waals surface area contributed by atoms with Crippen molar-refractivity contribution in [2.45, 2.75) is 134 Å². The summed E-state index contributed by atoms with van der Waals surface area (Å²) < 4.78 is 10.4. The predicted molar refractivity (Wildman–Crippen MR) is 125 cm³/mol. The van der Waals surface area contributed by atoms with Crippen molar-refractivity contribution in [3.8, 4) is 0 Å². The number of cyclic esters (lactones) is 1. The monoisotopic (exact) mass is 474 g/mol. The fourth-order valence-corrected chi connectivity index (χ4v) is 4.21. The third-order valence-electron chi connectivity index (χ3n) is 6.33. The number of carbonyl (C=O) groups excluding carboxylic acids is 1. The lowest BCUT2D eigenvalue weighted by atomic mass is 9.88. The van der Waals surface area contributed by atoms with E-state index in [1.54, 1.807) is 0 Å². The van der Waals surface area contributed by atoms with Crippen molar-refractivity contribution in [1.82, 2.24) is 0 Å². The summed E-state index contributed by atoms with van der Waals surface area (Å²) in [5, 5.41) is 49.3. The zero-order chi connectivity index (χ0) is 24.7. The van der Waals surface area contributed by atoms with Crippen LogP contribution < -0.4 is 0 Å². The molecule has 0 amide bonds. The maximum Gasteiger partial charge on any atom is 0.378 e. The third kappa shape index (κ3) is 9.81. The van der Waals surface area contributed by atoms with Gasteiger partial charge in [-0.3, -0.25) is 0 Å². The van der Waals surface area contributed by atoms with Crippen LogP contribution in [0.25, 0.3) is 0 Å². The summed E-state index contributed by atoms with van der Waals surface area (Å²) in [4.78, 5) is 12.0. The summed E-state index contributed by atoms with van der Waals surface area (Å²) in [5.41, 5.74) is -1.79. The lowest BCUT2D eigenvalue weighted by molar-refractivity contribution is -0.184. The molecule has 0 aromatic heterocycles. The molecule has 1 aliphatic heterocycles. The summed E-state index contributed by atoms with van der Waals surface area (Å²) in [6, 6.07) is 0. The fraction of sp³-hybridized carbons (Fsp3) is 0.880. The first-order valence-electron chi connectivity index (χ1n) is 12.8. The highest BCUT2D eigenvalue weighted by atomic mass is 16.7. The summed E-state index contributed by atoms with van der Waals surface area (Å²) >= 11 is 0. The zero-order valence-corrected chi connectivity index (χ0v) is 20.5. The first-order chi connectivity index (χ1) is 15.8. The van der Waals surface area contributed by atoms with Gasteiger partial charge >= 0.3 is 5.97 Å². The van der Waals surface area contributed by atoms with Crippen LogP contribution in [0.3, 0.4) is 0 Å². The van der Waals surface area contributed by atoms with Crippen LogP contribution in [0.15, 0.2) is 11.5 Å². The molecule has 0 spiro atoms. The molecule has 1 heterocycles. The number of hydrogen-bond acceptors (Lipinski definition) is 8. The molecule has 33 heavy (non-hydrogen) atoms. The lowest BCUT2D eigenvalue weighted by Crippen LogP contribution is -2.48. The number of esters is 1. The van der Waals surface area contributed by atoms with Crippen LogP contribution in [0.5, 0.6) is 0 Å². The molecular weight excluding hydrogens is 428 g/mol. The number of aliphatic hydroxyl groups excluding tert-OH is 5. The van der Waals surface area contributed by atoms with Crippen molar-refractivity contribution >= 4 is 5.97 Å². The normalized spacial score (nSPS) is 21.2. The Labute approximate surface area is 198 Å². The summed E-state index contributed by atoms with van der Waals surface area (Å²) in [5.74, 6) is -2.41. The van der Waals surface area contributed by atoms with E-state index in [1.165, 1.54) is 71.1 Å². The molecule has 0 fully saturated rings. The molecule has 0 radical (unpaired) electrons. The first-order valence-corrected chi connectivity index (χ1v) is 12.8. The third-order valence-corrected chi connectivity index (χ3v) is 6.33. The molecule has 4 atom stereocenters. The molecule has 8 heteroatoms. The van der Waals surface area contributed by atoms with Crippen LogP contribution in [0, 0.1) is 0 Å². The molecule has 8 nitrogen and oxygen atoms in total. The average molecular weight is 475 g/mol. The van der Waals surface area contributed by atoms with E-state index < -0.39 is 48.2 Å². The Morgan fingerprint density at radius 1 is 0.848 bits per heavy atom. The number of aliphatic hydroxyl groups is 5. The van der Waals surface area contributed by atoms with E-state index in [2.05, 4.69) is 6.92 Å². The van der Waals surface area contributed by atoms with Gasteiger partial charge in [-0.05, 0) is 19.8 Å². The molecule has 5 N–H and O–H groups in total. The minimum Gasteiger partial charge on any atom is -0.499 e. The van der Waals surface area contributed by atoms with Crippen molar-refractivity contribution in [2.24, 2.45) is 0 Å². The summed E-state index contributed by atoms with van der Waals surface area (Å²) in [6.07, 6.45) is 12.0. The maximum atomic E-state index is 12.0. The molecule has 0 saturated heterocycles. The van der Waals surface area contributed by atoms with Gasteiger partial charge in [0.2, 0.25) is 17.7 Å². The minimum atomic E-state index is -1.79. The highest BCUT2D eigenvalue weighted by molar-refractivity contribution is 5.90. The fourth-order valence-electron chi connectivity index (χ4n) is 4.21. The Morgan fingerprint density at radius 3 is 1.73 bits per heavy atom. The molecule has 0 saturated carbocycles. The van der Waals surface area contributed by atoms with Crippen LogP contribution in [-0.2, 0) is 14.3 Å². The lowest BCUT2D eigenvalue weighted by Gasteiger charge is -2.34. The van der Waals surface area contributed by atoms with Gasteiger partial charge in [-0.25, -0.2) is 4.79 Å². The van der Waals surface area contributed by atoms with Gasteiger partial charge in [0.1, 0.15) is 12.2 Å². The van der Waals surface area contributed by atoms with Gasteiger partial charge in [0, 0.05) is 0 Å². The maximum absolute atomic E-state index is 12.0. The number of ether oxygens (including phenoxy) is 2. The first kappa shape index (κ1) is 29.7. The van der Waals surface area contributed by atoms with E-state index in [0.717, 1.165) is 19.3 Å². The number of carbonyl (C=O) groups is 1. The van der Waals surface area contributed by atoms with Gasteiger partial charge in [-0.1, -0.05) is 90.4 Å². The van der Waals surface area contributed by atoms with Gasteiger partial charge in [-0.15, -0.1) is 0 Å². The Morgan fingerprint density at radius 2 is 1.30 bits per heavy atom. The number of hydrogen-bond donors (Lipinski definition) is 5. The Hall–Kier alpha value is -1.35. The molecule has 0 aromatic rings. The van der Waals surface area contributed by atoms with Crippen LogP contribution in [0.1, 0.15) is 110 Å². The van der Waals surface area contributed by atoms with Crippen molar-refractivity contribution in [2.75, 3.05) is 6.61 Å². The van der Waals surface area contributed by atoms with Crippen molar-refractivity contribution < 1.29 is 39.8 Å². The zero-order valence-electron chi connectivity index (χ0n) is 20.5. The van der Waals surface area contributed by atoms with Gasteiger partial charge < -0.3 is 35.0 Å². The Kier molecular flexibility index (Phi) is 14.7. The molecule has 0 aromatic carbocycles. The van der Waals surface area contributed by atoms with E-state index in [9.17, 15) is 30.3 Å². The van der Waals surface area contributed by atoms with E-state index in [1.807, 2.05) is 0 Å².